The smallest absolute Gasteiger partial charge is 0.294 e. The maximum Gasteiger partial charge on any atom is 0.294 e. The molecule has 0 spiro atoms. The van der Waals surface area contributed by atoms with Crippen molar-refractivity contribution in [1.82, 2.24) is 14.9 Å². The highest BCUT2D eigenvalue weighted by molar-refractivity contribution is 7.99. The number of methoxy groups -OCH3 is 1. The molecule has 3 N–H and O–H groups in total. The quantitative estimate of drug-likeness (QED) is 0.436. The Hall–Kier alpha value is -3.04. The number of carbonyl (C=O) groups excluding carboxylic acids is 1. The van der Waals surface area contributed by atoms with Crippen molar-refractivity contribution in [2.45, 2.75) is 11.6 Å². The first-order chi connectivity index (χ1) is 14.0. The fraction of sp³-hybridized carbons (Fsp3) is 0.158. The van der Waals surface area contributed by atoms with Crippen molar-refractivity contribution in [3.05, 3.63) is 75.2 Å². The van der Waals surface area contributed by atoms with Gasteiger partial charge in [0.05, 0.1) is 12.9 Å². The van der Waals surface area contributed by atoms with E-state index in [9.17, 15) is 9.59 Å². The van der Waals surface area contributed by atoms with E-state index >= 15 is 0 Å². The molecule has 0 saturated heterocycles. The van der Waals surface area contributed by atoms with Gasteiger partial charge in [0.1, 0.15) is 11.4 Å². The zero-order valence-corrected chi connectivity index (χ0v) is 17.0. The number of halogens is 1. The number of thioether (sulfide) groups is 1. The molecule has 1 heterocycles. The van der Waals surface area contributed by atoms with Gasteiger partial charge in [-0.15, -0.1) is 10.2 Å². The minimum Gasteiger partial charge on any atom is -0.497 e. The summed E-state index contributed by atoms with van der Waals surface area (Å²) in [5, 5.41) is 11.5. The number of nitrogens with one attached hydrogen (secondary N) is 1. The van der Waals surface area contributed by atoms with Crippen molar-refractivity contribution in [2.75, 3.05) is 24.0 Å². The van der Waals surface area contributed by atoms with Gasteiger partial charge in [-0.2, -0.15) is 4.68 Å². The third kappa shape index (κ3) is 5.49. The summed E-state index contributed by atoms with van der Waals surface area (Å²) in [6.45, 7) is 0. The van der Waals surface area contributed by atoms with Crippen molar-refractivity contribution in [2.24, 2.45) is 0 Å². The summed E-state index contributed by atoms with van der Waals surface area (Å²) in [7, 11) is 1.57. The largest absolute Gasteiger partial charge is 0.497 e. The van der Waals surface area contributed by atoms with Crippen LogP contribution in [0.4, 0.5) is 5.69 Å². The highest BCUT2D eigenvalue weighted by atomic mass is 35.5. The van der Waals surface area contributed by atoms with E-state index in [0.717, 1.165) is 22.0 Å². The Morgan fingerprint density at radius 1 is 1.17 bits per heavy atom. The van der Waals surface area contributed by atoms with Gasteiger partial charge in [0.2, 0.25) is 11.1 Å². The summed E-state index contributed by atoms with van der Waals surface area (Å²) in [5.74, 6) is 6.30. The lowest BCUT2D eigenvalue weighted by Crippen LogP contribution is -2.34. The minimum atomic E-state index is -0.465. The average Bonchev–Trinajstić information content (AvgIpc) is 2.73. The molecule has 1 amide bonds. The highest BCUT2D eigenvalue weighted by Crippen LogP contribution is 2.17. The molecule has 0 saturated carbocycles. The van der Waals surface area contributed by atoms with Crippen LogP contribution in [0.25, 0.3) is 0 Å². The lowest BCUT2D eigenvalue weighted by atomic mass is 10.1. The monoisotopic (exact) mass is 431 g/mol. The molecule has 150 valence electrons. The SMILES string of the molecule is COc1ccc(NC(=O)CSc2nnc(Cc3ccc(Cl)cc3)c(=O)n2N)cc1. The number of nitrogen functional groups attached to an aromatic ring is 1. The number of hydrogen-bond acceptors (Lipinski definition) is 7. The maximum absolute atomic E-state index is 12.4. The zero-order valence-electron chi connectivity index (χ0n) is 15.5. The summed E-state index contributed by atoms with van der Waals surface area (Å²) >= 11 is 6.89. The first-order valence-corrected chi connectivity index (χ1v) is 9.87. The van der Waals surface area contributed by atoms with E-state index in [4.69, 9.17) is 22.2 Å². The van der Waals surface area contributed by atoms with E-state index in [2.05, 4.69) is 15.5 Å². The van der Waals surface area contributed by atoms with Crippen molar-refractivity contribution >= 4 is 35.0 Å². The van der Waals surface area contributed by atoms with Gasteiger partial charge in [-0.05, 0) is 42.0 Å². The van der Waals surface area contributed by atoms with Crippen LogP contribution in [0, 0.1) is 0 Å². The lowest BCUT2D eigenvalue weighted by molar-refractivity contribution is -0.113. The van der Waals surface area contributed by atoms with Crippen molar-refractivity contribution in [3.8, 4) is 5.75 Å². The molecule has 8 nitrogen and oxygen atoms in total. The molecule has 10 heteroatoms. The summed E-state index contributed by atoms with van der Waals surface area (Å²) in [5.41, 5.74) is 1.24. The van der Waals surface area contributed by atoms with Crippen LogP contribution < -0.4 is 21.5 Å². The number of amides is 1. The number of ether oxygens (including phenoxy) is 1. The van der Waals surface area contributed by atoms with Crippen LogP contribution in [-0.4, -0.2) is 33.6 Å². The van der Waals surface area contributed by atoms with Crippen LogP contribution >= 0.6 is 23.4 Å². The molecule has 0 aliphatic heterocycles. The van der Waals surface area contributed by atoms with E-state index < -0.39 is 5.56 Å². The summed E-state index contributed by atoms with van der Waals surface area (Å²) in [6.07, 6.45) is 0.281. The van der Waals surface area contributed by atoms with Crippen LogP contribution in [0.15, 0.2) is 58.5 Å². The van der Waals surface area contributed by atoms with Gasteiger partial charge in [0.25, 0.3) is 5.56 Å². The molecule has 0 unspecified atom stereocenters. The Morgan fingerprint density at radius 3 is 2.52 bits per heavy atom. The molecule has 1 aromatic heterocycles. The van der Waals surface area contributed by atoms with Gasteiger partial charge in [0.15, 0.2) is 0 Å². The van der Waals surface area contributed by atoms with Gasteiger partial charge in [-0.25, -0.2) is 0 Å². The maximum atomic E-state index is 12.4. The van der Waals surface area contributed by atoms with Gasteiger partial charge in [-0.1, -0.05) is 35.5 Å². The molecule has 0 bridgehead atoms. The summed E-state index contributed by atoms with van der Waals surface area (Å²) < 4.78 is 5.98. The number of carbonyl (C=O) groups is 1. The molecular weight excluding hydrogens is 414 g/mol. The normalized spacial score (nSPS) is 10.6. The number of hydrogen-bond donors (Lipinski definition) is 2. The summed E-state index contributed by atoms with van der Waals surface area (Å²) in [6, 6.07) is 14.0. The van der Waals surface area contributed by atoms with Crippen LogP contribution in [-0.2, 0) is 11.2 Å². The number of nitrogens with zero attached hydrogens (tertiary/aromatic N) is 3. The number of rotatable bonds is 7. The second kappa shape index (κ2) is 9.44. The number of benzene rings is 2. The Balaban J connectivity index is 1.62. The van der Waals surface area contributed by atoms with Gasteiger partial charge < -0.3 is 15.9 Å². The van der Waals surface area contributed by atoms with Crippen LogP contribution in [0.1, 0.15) is 11.3 Å². The Labute approximate surface area is 176 Å². The Kier molecular flexibility index (Phi) is 6.73. The van der Waals surface area contributed by atoms with Gasteiger partial charge in [0, 0.05) is 17.1 Å². The number of anilines is 1. The van der Waals surface area contributed by atoms with Crippen LogP contribution in [0.2, 0.25) is 5.02 Å². The summed E-state index contributed by atoms with van der Waals surface area (Å²) in [4.78, 5) is 24.6. The molecule has 0 fully saturated rings. The third-order valence-corrected chi connectivity index (χ3v) is 5.11. The number of nitrogens with two attached hydrogens (primary N) is 1. The Bertz CT molecular complexity index is 1050. The third-order valence-electron chi connectivity index (χ3n) is 3.92. The predicted molar refractivity (Wildman–Crippen MR) is 113 cm³/mol. The van der Waals surface area contributed by atoms with Crippen molar-refractivity contribution < 1.29 is 9.53 Å². The second-order valence-electron chi connectivity index (χ2n) is 5.97. The molecule has 29 heavy (non-hydrogen) atoms. The molecule has 3 aromatic rings. The molecular formula is C19H18ClN5O3S. The molecule has 0 aliphatic carbocycles. The van der Waals surface area contributed by atoms with E-state index in [1.165, 1.54) is 0 Å². The topological polar surface area (TPSA) is 112 Å². The van der Waals surface area contributed by atoms with Gasteiger partial charge >= 0.3 is 0 Å². The predicted octanol–water partition coefficient (Wildman–Crippen LogP) is 2.34. The van der Waals surface area contributed by atoms with Crippen molar-refractivity contribution in [1.29, 1.82) is 0 Å². The first-order valence-electron chi connectivity index (χ1n) is 8.51. The van der Waals surface area contributed by atoms with E-state index in [1.54, 1.807) is 55.6 Å². The standard InChI is InChI=1S/C19H18ClN5O3S/c1-28-15-8-6-14(7-9-15)22-17(26)11-29-19-24-23-16(18(27)25(19)21)10-12-2-4-13(20)5-3-12/h2-9H,10-11,21H2,1H3,(H,22,26). The second-order valence-corrected chi connectivity index (χ2v) is 7.35. The molecule has 3 rings (SSSR count). The van der Waals surface area contributed by atoms with Crippen LogP contribution in [0.3, 0.4) is 0 Å². The van der Waals surface area contributed by atoms with E-state index in [-0.39, 0.29) is 28.9 Å². The Morgan fingerprint density at radius 2 is 1.86 bits per heavy atom. The molecule has 2 aromatic carbocycles. The zero-order chi connectivity index (χ0) is 20.8. The number of aromatic nitrogens is 3. The fourth-order valence-electron chi connectivity index (χ4n) is 2.43. The van der Waals surface area contributed by atoms with E-state index in [0.29, 0.717) is 16.5 Å². The fourth-order valence-corrected chi connectivity index (χ4v) is 3.21. The van der Waals surface area contributed by atoms with Crippen molar-refractivity contribution in [3.63, 3.8) is 0 Å². The molecule has 0 aliphatic rings. The lowest BCUT2D eigenvalue weighted by Gasteiger charge is -2.08. The average molecular weight is 432 g/mol. The minimum absolute atomic E-state index is 0.0217. The molecule has 0 radical (unpaired) electrons. The highest BCUT2D eigenvalue weighted by Gasteiger charge is 2.13. The van der Waals surface area contributed by atoms with Crippen LogP contribution in [0.5, 0.6) is 5.75 Å². The molecule has 0 atom stereocenters. The first kappa shape index (κ1) is 20.7. The van der Waals surface area contributed by atoms with Gasteiger partial charge in [-0.3, -0.25) is 9.59 Å². The van der Waals surface area contributed by atoms with E-state index in [1.807, 2.05) is 0 Å².